The fourth-order valence-electron chi connectivity index (χ4n) is 4.31. The van der Waals surface area contributed by atoms with Crippen LogP contribution >= 0.6 is 0 Å². The van der Waals surface area contributed by atoms with Gasteiger partial charge in [-0.3, -0.25) is 9.69 Å². The molecule has 0 fully saturated rings. The van der Waals surface area contributed by atoms with Crippen molar-refractivity contribution in [2.75, 3.05) is 0 Å². The van der Waals surface area contributed by atoms with Crippen molar-refractivity contribution in [3.05, 3.63) is 82.6 Å². The molecule has 4 rings (SSSR count). The van der Waals surface area contributed by atoms with Gasteiger partial charge in [0, 0.05) is 6.42 Å². The largest absolute Gasteiger partial charge is 0.507 e. The van der Waals surface area contributed by atoms with E-state index in [-0.39, 0.29) is 24.3 Å². The van der Waals surface area contributed by atoms with E-state index in [9.17, 15) is 19.5 Å². The Morgan fingerprint density at radius 3 is 2.38 bits per heavy atom. The highest BCUT2D eigenvalue weighted by molar-refractivity contribution is 6.21. The average Bonchev–Trinajstić information content (AvgIpc) is 3.08. The lowest BCUT2D eigenvalue weighted by atomic mass is 9.89. The molecule has 2 aromatic rings. The van der Waals surface area contributed by atoms with Crippen molar-refractivity contribution in [2.45, 2.75) is 64.3 Å². The van der Waals surface area contributed by atoms with E-state index in [1.165, 1.54) is 4.90 Å². The van der Waals surface area contributed by atoms with Crippen molar-refractivity contribution in [3.8, 4) is 0 Å². The second-order valence-electron chi connectivity index (χ2n) is 9.64. The van der Waals surface area contributed by atoms with E-state index in [4.69, 9.17) is 9.47 Å². The number of carbonyl (C=O) groups excluding carboxylic acids is 3. The lowest BCUT2D eigenvalue weighted by Gasteiger charge is -2.36. The Kier molecular flexibility index (Phi) is 6.46. The van der Waals surface area contributed by atoms with E-state index in [0.717, 1.165) is 16.7 Å². The summed E-state index contributed by atoms with van der Waals surface area (Å²) in [5.41, 5.74) is 1.72. The van der Waals surface area contributed by atoms with E-state index in [1.807, 2.05) is 54.6 Å². The van der Waals surface area contributed by atoms with Crippen LogP contribution in [0.1, 0.15) is 43.9 Å². The van der Waals surface area contributed by atoms with Gasteiger partial charge in [0.1, 0.15) is 17.2 Å². The lowest BCUT2D eigenvalue weighted by Crippen LogP contribution is -2.51. The molecule has 0 aromatic heterocycles. The molecule has 1 N–H and O–H groups in total. The number of esters is 1. The Labute approximate surface area is 199 Å². The molecule has 2 aromatic carbocycles. The molecule has 2 atom stereocenters. The number of hydrogen-bond donors (Lipinski definition) is 1. The highest BCUT2D eigenvalue weighted by atomic mass is 16.6. The molecule has 1 unspecified atom stereocenters. The summed E-state index contributed by atoms with van der Waals surface area (Å²) in [4.78, 5) is 40.5. The fraction of sp³-hybridized carbons (Fsp3) is 0.370. The van der Waals surface area contributed by atoms with Crippen molar-refractivity contribution in [1.29, 1.82) is 0 Å². The highest BCUT2D eigenvalue weighted by Crippen LogP contribution is 2.31. The molecule has 0 bridgehead atoms. The molecule has 178 valence electrons. The van der Waals surface area contributed by atoms with Crippen LogP contribution < -0.4 is 0 Å². The lowest BCUT2D eigenvalue weighted by molar-refractivity contribution is -0.141. The number of aryl methyl sites for hydroxylation is 1. The maximum Gasteiger partial charge on any atom is 0.411 e. The van der Waals surface area contributed by atoms with Gasteiger partial charge in [0.25, 0.3) is 0 Å². The summed E-state index contributed by atoms with van der Waals surface area (Å²) < 4.78 is 10.9. The first-order valence-electron chi connectivity index (χ1n) is 11.4. The minimum absolute atomic E-state index is 0.169. The van der Waals surface area contributed by atoms with Crippen molar-refractivity contribution < 1.29 is 29.0 Å². The third-order valence-corrected chi connectivity index (χ3v) is 5.98. The predicted molar refractivity (Wildman–Crippen MR) is 125 cm³/mol. The van der Waals surface area contributed by atoms with Gasteiger partial charge in [-0.15, -0.1) is 0 Å². The van der Waals surface area contributed by atoms with Gasteiger partial charge in [0.15, 0.2) is 17.6 Å². The number of fused-ring (bicyclic) bond motifs is 1. The second-order valence-corrected chi connectivity index (χ2v) is 9.64. The van der Waals surface area contributed by atoms with E-state index in [1.54, 1.807) is 20.8 Å². The summed E-state index contributed by atoms with van der Waals surface area (Å²) in [7, 11) is 0. The van der Waals surface area contributed by atoms with Gasteiger partial charge in [0.2, 0.25) is 0 Å². The number of Topliss-reactive ketones (excluding diaryl/α,β-unsaturated/α-hetero) is 1. The SMILES string of the molecule is CC(C)(C)OC(=O)N1Cc2ccccc2C[C@H]1C(=O)C1=C(O)C(CCc2ccccc2)OC1=O. The molecule has 1 amide bonds. The summed E-state index contributed by atoms with van der Waals surface area (Å²) in [6.07, 6.45) is -0.398. The van der Waals surface area contributed by atoms with E-state index in [0.29, 0.717) is 12.8 Å². The van der Waals surface area contributed by atoms with E-state index in [2.05, 4.69) is 0 Å². The molecule has 7 nitrogen and oxygen atoms in total. The number of benzene rings is 2. The zero-order chi connectivity index (χ0) is 24.5. The van der Waals surface area contributed by atoms with Gasteiger partial charge < -0.3 is 14.6 Å². The van der Waals surface area contributed by atoms with Crippen LogP contribution in [0.3, 0.4) is 0 Å². The first-order chi connectivity index (χ1) is 16.1. The fourth-order valence-corrected chi connectivity index (χ4v) is 4.31. The Morgan fingerprint density at radius 2 is 1.71 bits per heavy atom. The standard InChI is InChI=1S/C27H29NO6/c1-27(2,3)34-26(32)28-16-19-12-8-7-11-18(19)15-20(28)23(29)22-24(30)21(33-25(22)31)14-13-17-9-5-4-6-10-17/h4-12,20-21,30H,13-16H2,1-3H3/t20-,21?/m0/s1. The molecule has 34 heavy (non-hydrogen) atoms. The zero-order valence-corrected chi connectivity index (χ0v) is 19.6. The molecular weight excluding hydrogens is 434 g/mol. The number of hydrogen-bond acceptors (Lipinski definition) is 6. The Hall–Kier alpha value is -3.61. The van der Waals surface area contributed by atoms with E-state index >= 15 is 0 Å². The van der Waals surface area contributed by atoms with Crippen LogP contribution in [-0.2, 0) is 38.4 Å². The molecule has 2 aliphatic rings. The minimum Gasteiger partial charge on any atom is -0.507 e. The first kappa shape index (κ1) is 23.5. The minimum atomic E-state index is -0.984. The van der Waals surface area contributed by atoms with E-state index < -0.39 is 35.6 Å². The topological polar surface area (TPSA) is 93.1 Å². The number of ether oxygens (including phenoxy) is 2. The van der Waals surface area contributed by atoms with Gasteiger partial charge in [-0.25, -0.2) is 9.59 Å². The third kappa shape index (κ3) is 4.98. The van der Waals surface area contributed by atoms with Crippen molar-refractivity contribution in [1.82, 2.24) is 4.90 Å². The van der Waals surface area contributed by atoms with Crippen LogP contribution in [0.2, 0.25) is 0 Å². The molecule has 2 heterocycles. The number of aliphatic hydroxyl groups is 1. The number of aliphatic hydroxyl groups excluding tert-OH is 1. The highest BCUT2D eigenvalue weighted by Gasteiger charge is 2.45. The molecule has 2 aliphatic heterocycles. The number of carbonyl (C=O) groups is 3. The Morgan fingerprint density at radius 1 is 1.06 bits per heavy atom. The maximum atomic E-state index is 13.6. The van der Waals surface area contributed by atoms with Gasteiger partial charge >= 0.3 is 12.1 Å². The number of nitrogens with zero attached hydrogens (tertiary/aromatic N) is 1. The summed E-state index contributed by atoms with van der Waals surface area (Å²) in [5, 5.41) is 10.8. The number of cyclic esters (lactones) is 1. The molecule has 7 heteroatoms. The zero-order valence-electron chi connectivity index (χ0n) is 19.6. The molecule has 0 spiro atoms. The molecular formula is C27H29NO6. The maximum absolute atomic E-state index is 13.6. The van der Waals surface area contributed by atoms with Crippen molar-refractivity contribution >= 4 is 17.8 Å². The van der Waals surface area contributed by atoms with Gasteiger partial charge in [-0.05, 0) is 50.3 Å². The van der Waals surface area contributed by atoms with Crippen LogP contribution in [0.25, 0.3) is 0 Å². The van der Waals surface area contributed by atoms with Crippen LogP contribution in [0.5, 0.6) is 0 Å². The first-order valence-corrected chi connectivity index (χ1v) is 11.4. The average molecular weight is 464 g/mol. The third-order valence-electron chi connectivity index (χ3n) is 5.98. The van der Waals surface area contributed by atoms with Crippen molar-refractivity contribution in [3.63, 3.8) is 0 Å². The summed E-state index contributed by atoms with van der Waals surface area (Å²) in [6.45, 7) is 5.42. The molecule has 0 saturated carbocycles. The van der Waals surface area contributed by atoms with Crippen LogP contribution in [0, 0.1) is 0 Å². The van der Waals surface area contributed by atoms with Crippen LogP contribution in [0.4, 0.5) is 4.79 Å². The smallest absolute Gasteiger partial charge is 0.411 e. The van der Waals surface area contributed by atoms with Gasteiger partial charge in [-0.2, -0.15) is 0 Å². The molecule has 0 radical (unpaired) electrons. The molecule has 0 aliphatic carbocycles. The summed E-state index contributed by atoms with van der Waals surface area (Å²) in [5.74, 6) is -1.86. The summed E-state index contributed by atoms with van der Waals surface area (Å²) in [6, 6.07) is 16.2. The number of rotatable bonds is 5. The Bertz CT molecular complexity index is 1130. The summed E-state index contributed by atoms with van der Waals surface area (Å²) >= 11 is 0. The van der Waals surface area contributed by atoms with Gasteiger partial charge in [0.05, 0.1) is 6.54 Å². The van der Waals surface area contributed by atoms with Gasteiger partial charge in [-0.1, -0.05) is 54.6 Å². The quantitative estimate of drug-likeness (QED) is 0.525. The number of ketones is 1. The van der Waals surface area contributed by atoms with Crippen molar-refractivity contribution in [2.24, 2.45) is 0 Å². The predicted octanol–water partition coefficient (Wildman–Crippen LogP) is 4.29. The Balaban J connectivity index is 1.59. The normalized spacial score (nSPS) is 20.1. The van der Waals surface area contributed by atoms with Crippen LogP contribution in [0.15, 0.2) is 65.9 Å². The number of amides is 1. The monoisotopic (exact) mass is 463 g/mol. The van der Waals surface area contributed by atoms with Crippen LogP contribution in [-0.4, -0.2) is 45.6 Å². The second kappa shape index (κ2) is 9.33. The molecule has 0 saturated heterocycles.